The molecule has 0 unspecified atom stereocenters. The minimum absolute atomic E-state index is 0.00395. The molecule has 49 heavy (non-hydrogen) atoms. The highest BCUT2D eigenvalue weighted by Crippen LogP contribution is 2.51. The zero-order valence-corrected chi connectivity index (χ0v) is 25.0. The molecule has 0 N–H and O–H groups in total. The van der Waals surface area contributed by atoms with Gasteiger partial charge >= 0.3 is 0 Å². The molecule has 1 aromatic heterocycles. The Morgan fingerprint density at radius 2 is 0.980 bits per heavy atom. The van der Waals surface area contributed by atoms with E-state index in [0.717, 1.165) is 0 Å². The lowest BCUT2D eigenvalue weighted by molar-refractivity contribution is 0.634. The van der Waals surface area contributed by atoms with E-state index in [4.69, 9.17) is 22.2 Å². The van der Waals surface area contributed by atoms with Crippen molar-refractivity contribution in [3.63, 3.8) is 0 Å². The van der Waals surface area contributed by atoms with Crippen molar-refractivity contribution < 1.29 is 34.6 Å². The lowest BCUT2D eigenvalue weighted by Gasteiger charge is -2.18. The van der Waals surface area contributed by atoms with Gasteiger partial charge in [0.1, 0.15) is 11.3 Å². The molecule has 0 aliphatic heterocycles. The lowest BCUT2D eigenvalue weighted by atomic mass is 9.84. The zero-order valence-electron chi connectivity index (χ0n) is 47.0. The molecule has 0 bridgehead atoms. The molecule has 1 nitrogen and oxygen atoms in total. The second kappa shape index (κ2) is 11.1. The molecule has 10 aromatic rings. The summed E-state index contributed by atoms with van der Waals surface area (Å²) in [4.78, 5) is 0. The van der Waals surface area contributed by atoms with Crippen LogP contribution in [0.4, 0.5) is 0 Å². The van der Waals surface area contributed by atoms with Crippen LogP contribution in [0.5, 0.6) is 0 Å². The Kier molecular flexibility index (Phi) is 3.07. The minimum atomic E-state index is -0.867. The van der Waals surface area contributed by atoms with Crippen LogP contribution in [0.1, 0.15) is 30.2 Å². The van der Waals surface area contributed by atoms with Gasteiger partial charge in [-0.2, -0.15) is 0 Å². The van der Waals surface area contributed by atoms with E-state index in [9.17, 15) is 12.3 Å². The van der Waals surface area contributed by atoms with E-state index < -0.39 is 204 Å². The lowest BCUT2D eigenvalue weighted by Crippen LogP contribution is -1.92. The highest BCUT2D eigenvalue weighted by molar-refractivity contribution is 6.26. The van der Waals surface area contributed by atoms with Gasteiger partial charge in [0.15, 0.2) is 0 Å². The molecular weight excluding hydrogens is 593 g/mol. The van der Waals surface area contributed by atoms with Crippen molar-refractivity contribution in [1.82, 2.24) is 0 Å². The second-order valence-corrected chi connectivity index (χ2v) is 11.1. The monoisotopic (exact) mass is 644 g/mol. The van der Waals surface area contributed by atoms with Crippen LogP contribution in [0.3, 0.4) is 0 Å². The first kappa shape index (κ1) is 13.6. The number of hydrogen-bond acceptors (Lipinski definition) is 1. The summed E-state index contributed by atoms with van der Waals surface area (Å²) in [5, 5.41) is -3.81. The number of hydrogen-bond donors (Lipinski definition) is 0. The fourth-order valence-electron chi connectivity index (χ4n) is 6.50. The number of furan rings is 1. The Morgan fingerprint density at radius 3 is 1.71 bits per heavy atom. The van der Waals surface area contributed by atoms with Gasteiger partial charge in [-0.1, -0.05) is 181 Å². The summed E-state index contributed by atoms with van der Waals surface area (Å²) < 4.78 is 206. The SMILES string of the molecule is [2H]c1c([2H])c([2H])c(-c2c3c([2H])c([2H])c([2H])c([2H])c3c(-c3c(-c4c([2H])c([2H])c([2H])c5c4c([2H])c([2H])c4c([2H])c([2H])c([2H])c([2H])c45)oc4c(-c5ccccc5)cccc34)c3c([2H])c([2H])c([2H])c([2H])c23)c([2H])c1[2H]. The van der Waals surface area contributed by atoms with Crippen molar-refractivity contribution in [3.05, 3.63) is 181 Å². The minimum Gasteiger partial charge on any atom is -0.455 e. The van der Waals surface area contributed by atoms with Gasteiger partial charge in [-0.25, -0.2) is 0 Å². The van der Waals surface area contributed by atoms with Crippen LogP contribution in [0, 0.1) is 0 Å². The summed E-state index contributed by atoms with van der Waals surface area (Å²) in [5.41, 5.74) is -1.46. The van der Waals surface area contributed by atoms with E-state index in [0.29, 0.717) is 11.1 Å². The molecular formula is C48H30O. The molecule has 0 amide bonds. The van der Waals surface area contributed by atoms with Gasteiger partial charge in [0.05, 0.1) is 30.2 Å². The zero-order chi connectivity index (χ0) is 51.5. The molecule has 9 aromatic carbocycles. The topological polar surface area (TPSA) is 13.1 Å². The Balaban J connectivity index is 1.58. The van der Waals surface area contributed by atoms with Crippen molar-refractivity contribution in [3.8, 4) is 44.7 Å². The summed E-state index contributed by atoms with van der Waals surface area (Å²) in [7, 11) is 0. The third-order valence-electron chi connectivity index (χ3n) is 8.53. The van der Waals surface area contributed by atoms with Crippen molar-refractivity contribution in [2.45, 2.75) is 0 Å². The van der Waals surface area contributed by atoms with Gasteiger partial charge in [0.2, 0.25) is 0 Å². The van der Waals surface area contributed by atoms with E-state index in [1.807, 2.05) is 0 Å². The van der Waals surface area contributed by atoms with E-state index >= 15 is 0 Å². The third-order valence-corrected chi connectivity index (χ3v) is 8.53. The Morgan fingerprint density at radius 1 is 0.347 bits per heavy atom. The van der Waals surface area contributed by atoms with Gasteiger partial charge in [-0.3, -0.25) is 0 Å². The predicted molar refractivity (Wildman–Crippen MR) is 208 cm³/mol. The fourth-order valence-corrected chi connectivity index (χ4v) is 6.50. The van der Waals surface area contributed by atoms with E-state index in [1.165, 1.54) is 6.07 Å². The second-order valence-electron chi connectivity index (χ2n) is 11.1. The van der Waals surface area contributed by atoms with E-state index in [1.54, 1.807) is 42.5 Å². The number of rotatable bonds is 4. The molecule has 0 aliphatic rings. The smallest absolute Gasteiger partial charge is 0.143 e. The highest BCUT2D eigenvalue weighted by Gasteiger charge is 2.26. The highest BCUT2D eigenvalue weighted by atomic mass is 16.3. The average Bonchev–Trinajstić information content (AvgIpc) is 3.74. The van der Waals surface area contributed by atoms with Crippen molar-refractivity contribution >= 4 is 54.1 Å². The summed E-state index contributed by atoms with van der Waals surface area (Å²) in [6.45, 7) is 0. The molecule has 0 atom stereocenters. The van der Waals surface area contributed by atoms with E-state index in [2.05, 4.69) is 0 Å². The van der Waals surface area contributed by atoms with Gasteiger partial charge in [-0.15, -0.1) is 0 Å². The predicted octanol–water partition coefficient (Wildman–Crippen LogP) is 13.7. The number of para-hydroxylation sites is 1. The molecule has 0 radical (unpaired) electrons. The summed E-state index contributed by atoms with van der Waals surface area (Å²) >= 11 is 0. The summed E-state index contributed by atoms with van der Waals surface area (Å²) in [6, 6.07) is -4.43. The van der Waals surface area contributed by atoms with Crippen molar-refractivity contribution in [2.24, 2.45) is 0 Å². The third kappa shape index (κ3) is 4.26. The van der Waals surface area contributed by atoms with Crippen molar-refractivity contribution in [1.29, 1.82) is 0 Å². The van der Waals surface area contributed by atoms with Crippen LogP contribution in [0.2, 0.25) is 0 Å². The summed E-state index contributed by atoms with van der Waals surface area (Å²) in [6.07, 6.45) is 0. The molecule has 1 heteroatoms. The quantitative estimate of drug-likeness (QED) is 0.137. The van der Waals surface area contributed by atoms with Gasteiger partial charge in [0.25, 0.3) is 0 Å². The Bertz CT molecular complexity index is 4020. The first-order valence-corrected chi connectivity index (χ1v) is 15.1. The molecule has 228 valence electrons. The Labute approximate surface area is 315 Å². The Hall–Kier alpha value is -6.44. The maximum atomic E-state index is 9.65. The standard InChI is InChI=1S/C48H30O/c1-3-15-31(16-4-1)35-25-13-28-43-46(48(49-47(35)43)42-27-14-26-36-34-20-8-7-17-32(34)29-30-37(36)42)45-40-23-11-9-21-38(40)44(33-18-5-2-6-19-33)39-22-10-12-24-41(39)45/h1-30H/i2D,5D,6D,7D,8D,9D,10D,11D,12D,14D,17D,18D,19D,20D,21D,22D,23D,24D,26D,27D,29D,30D. The van der Waals surface area contributed by atoms with Crippen LogP contribution in [-0.2, 0) is 0 Å². The summed E-state index contributed by atoms with van der Waals surface area (Å²) in [5.74, 6) is -0.488. The largest absolute Gasteiger partial charge is 0.455 e. The molecule has 0 fully saturated rings. The van der Waals surface area contributed by atoms with Gasteiger partial charge < -0.3 is 4.42 Å². The van der Waals surface area contributed by atoms with Gasteiger partial charge in [0, 0.05) is 27.6 Å². The van der Waals surface area contributed by atoms with Crippen LogP contribution >= 0.6 is 0 Å². The average molecular weight is 645 g/mol. The van der Waals surface area contributed by atoms with Crippen LogP contribution in [0.15, 0.2) is 186 Å². The van der Waals surface area contributed by atoms with Crippen LogP contribution in [-0.4, -0.2) is 0 Å². The number of benzene rings is 9. The maximum absolute atomic E-state index is 9.65. The van der Waals surface area contributed by atoms with Crippen LogP contribution in [0.25, 0.3) is 98.8 Å². The first-order valence-electron chi connectivity index (χ1n) is 26.1. The molecule has 0 spiro atoms. The molecule has 10 rings (SSSR count). The molecule has 0 saturated carbocycles. The molecule has 1 heterocycles. The number of fused-ring (bicyclic) bond motifs is 6. The molecule has 0 saturated heterocycles. The van der Waals surface area contributed by atoms with Crippen molar-refractivity contribution in [2.75, 3.05) is 0 Å². The fraction of sp³-hybridized carbons (Fsp3) is 0. The van der Waals surface area contributed by atoms with Gasteiger partial charge in [-0.05, 0) is 59.8 Å². The molecule has 0 aliphatic carbocycles. The maximum Gasteiger partial charge on any atom is 0.143 e. The van der Waals surface area contributed by atoms with E-state index in [-0.39, 0.29) is 16.5 Å². The normalized spacial score (nSPS) is 18.0. The first-order chi connectivity index (χ1) is 33.5. The van der Waals surface area contributed by atoms with Crippen LogP contribution < -0.4 is 0 Å².